The number of rotatable bonds is 4. The summed E-state index contributed by atoms with van der Waals surface area (Å²) in [6, 6.07) is 2.10. The van der Waals surface area contributed by atoms with E-state index in [2.05, 4.69) is 26.5 Å². The first-order valence-electron chi connectivity index (χ1n) is 6.12. The SMILES string of the molecule is C=CC1(O)Cc2cc(C(C)C)c(OC)c(OC)c21. The molecule has 0 fully saturated rings. The minimum Gasteiger partial charge on any atom is -0.493 e. The summed E-state index contributed by atoms with van der Waals surface area (Å²) in [6.07, 6.45) is 2.15. The fourth-order valence-electron chi connectivity index (χ4n) is 2.61. The molecule has 0 saturated carbocycles. The summed E-state index contributed by atoms with van der Waals surface area (Å²) in [5.41, 5.74) is 2.03. The maximum absolute atomic E-state index is 10.4. The van der Waals surface area contributed by atoms with E-state index in [0.29, 0.717) is 23.8 Å². The Hall–Kier alpha value is -1.48. The topological polar surface area (TPSA) is 38.7 Å². The molecule has 0 aliphatic heterocycles. The van der Waals surface area contributed by atoms with Gasteiger partial charge < -0.3 is 14.6 Å². The summed E-state index contributed by atoms with van der Waals surface area (Å²) in [5, 5.41) is 10.4. The first kappa shape index (κ1) is 13.0. The largest absolute Gasteiger partial charge is 0.493 e. The van der Waals surface area contributed by atoms with Gasteiger partial charge in [0.15, 0.2) is 11.5 Å². The third kappa shape index (κ3) is 1.62. The van der Waals surface area contributed by atoms with Crippen molar-refractivity contribution in [2.24, 2.45) is 0 Å². The number of methoxy groups -OCH3 is 2. The van der Waals surface area contributed by atoms with Crippen LogP contribution >= 0.6 is 0 Å². The van der Waals surface area contributed by atoms with Crippen LogP contribution in [0.15, 0.2) is 18.7 Å². The van der Waals surface area contributed by atoms with Crippen molar-refractivity contribution in [1.82, 2.24) is 0 Å². The monoisotopic (exact) mass is 248 g/mol. The molecule has 1 atom stereocenters. The molecular formula is C15H20O3. The fraction of sp³-hybridized carbons (Fsp3) is 0.467. The molecule has 0 radical (unpaired) electrons. The van der Waals surface area contributed by atoms with Gasteiger partial charge in [0.1, 0.15) is 5.60 Å². The van der Waals surface area contributed by atoms with Crippen molar-refractivity contribution in [3.8, 4) is 11.5 Å². The van der Waals surface area contributed by atoms with Gasteiger partial charge in [0.25, 0.3) is 0 Å². The fourth-order valence-corrected chi connectivity index (χ4v) is 2.61. The minimum absolute atomic E-state index is 0.344. The molecule has 1 unspecified atom stereocenters. The molecule has 3 heteroatoms. The predicted molar refractivity (Wildman–Crippen MR) is 71.4 cm³/mol. The van der Waals surface area contributed by atoms with Crippen molar-refractivity contribution in [3.05, 3.63) is 35.4 Å². The van der Waals surface area contributed by atoms with E-state index in [4.69, 9.17) is 9.47 Å². The highest BCUT2D eigenvalue weighted by molar-refractivity contribution is 5.64. The molecule has 98 valence electrons. The standard InChI is InChI=1S/C15H20O3/c1-6-15(16)8-10-7-11(9(2)3)13(17-4)14(18-5)12(10)15/h6-7,9,16H,1,8H2,2-5H3. The lowest BCUT2D eigenvalue weighted by molar-refractivity contribution is 0.0609. The highest BCUT2D eigenvalue weighted by Crippen LogP contribution is 2.52. The van der Waals surface area contributed by atoms with Crippen LogP contribution in [0.3, 0.4) is 0 Å². The van der Waals surface area contributed by atoms with Crippen molar-refractivity contribution < 1.29 is 14.6 Å². The number of hydrogen-bond acceptors (Lipinski definition) is 3. The van der Waals surface area contributed by atoms with Gasteiger partial charge in [-0.25, -0.2) is 0 Å². The van der Waals surface area contributed by atoms with Gasteiger partial charge in [-0.1, -0.05) is 32.6 Å². The highest BCUT2D eigenvalue weighted by Gasteiger charge is 2.43. The van der Waals surface area contributed by atoms with Gasteiger partial charge >= 0.3 is 0 Å². The van der Waals surface area contributed by atoms with Crippen molar-refractivity contribution >= 4 is 0 Å². The molecule has 0 aromatic heterocycles. The second-order valence-corrected chi connectivity index (χ2v) is 5.03. The molecule has 18 heavy (non-hydrogen) atoms. The van der Waals surface area contributed by atoms with Gasteiger partial charge in [-0.3, -0.25) is 0 Å². The average Bonchev–Trinajstić information content (AvgIpc) is 2.34. The van der Waals surface area contributed by atoms with Gasteiger partial charge in [0, 0.05) is 17.5 Å². The maximum atomic E-state index is 10.4. The third-order valence-corrected chi connectivity index (χ3v) is 3.61. The molecular weight excluding hydrogens is 228 g/mol. The zero-order valence-corrected chi connectivity index (χ0v) is 11.4. The maximum Gasteiger partial charge on any atom is 0.167 e. The number of ether oxygens (including phenoxy) is 2. The number of aliphatic hydroxyl groups is 1. The molecule has 1 aromatic rings. The molecule has 1 N–H and O–H groups in total. The zero-order chi connectivity index (χ0) is 13.5. The van der Waals surface area contributed by atoms with Gasteiger partial charge in [-0.05, 0) is 11.5 Å². The third-order valence-electron chi connectivity index (χ3n) is 3.61. The van der Waals surface area contributed by atoms with E-state index in [1.807, 2.05) is 0 Å². The summed E-state index contributed by atoms with van der Waals surface area (Å²) in [5.74, 6) is 1.69. The molecule has 0 amide bonds. The number of hydrogen-bond donors (Lipinski definition) is 1. The van der Waals surface area contributed by atoms with Gasteiger partial charge in [0.05, 0.1) is 14.2 Å². The van der Waals surface area contributed by atoms with Crippen LogP contribution in [0.4, 0.5) is 0 Å². The normalized spacial score (nSPS) is 21.2. The Balaban J connectivity index is 2.69. The van der Waals surface area contributed by atoms with Crippen LogP contribution in [0.1, 0.15) is 36.5 Å². The molecule has 1 aliphatic rings. The second kappa shape index (κ2) is 4.32. The van der Waals surface area contributed by atoms with Crippen LogP contribution in [-0.4, -0.2) is 19.3 Å². The molecule has 0 bridgehead atoms. The van der Waals surface area contributed by atoms with Crippen LogP contribution in [0.25, 0.3) is 0 Å². The summed E-state index contributed by atoms with van der Waals surface area (Å²) < 4.78 is 10.9. The van der Waals surface area contributed by atoms with E-state index in [1.54, 1.807) is 20.3 Å². The van der Waals surface area contributed by atoms with Gasteiger partial charge in [-0.15, -0.1) is 0 Å². The summed E-state index contributed by atoms with van der Waals surface area (Å²) in [7, 11) is 3.23. The molecule has 0 saturated heterocycles. The van der Waals surface area contributed by atoms with Crippen LogP contribution in [-0.2, 0) is 12.0 Å². The Morgan fingerprint density at radius 3 is 2.39 bits per heavy atom. The summed E-state index contributed by atoms with van der Waals surface area (Å²) in [6.45, 7) is 7.92. The van der Waals surface area contributed by atoms with E-state index in [9.17, 15) is 5.11 Å². The van der Waals surface area contributed by atoms with Crippen LogP contribution < -0.4 is 9.47 Å². The lowest BCUT2D eigenvalue weighted by Crippen LogP contribution is -2.37. The van der Waals surface area contributed by atoms with Gasteiger partial charge in [0.2, 0.25) is 0 Å². The molecule has 1 aliphatic carbocycles. The van der Waals surface area contributed by atoms with E-state index in [1.165, 1.54) is 0 Å². The van der Waals surface area contributed by atoms with Gasteiger partial charge in [-0.2, -0.15) is 0 Å². The zero-order valence-electron chi connectivity index (χ0n) is 11.4. The lowest BCUT2D eigenvalue weighted by Gasteiger charge is -2.39. The second-order valence-electron chi connectivity index (χ2n) is 5.03. The Kier molecular flexibility index (Phi) is 3.11. The number of fused-ring (bicyclic) bond motifs is 1. The molecule has 3 nitrogen and oxygen atoms in total. The van der Waals surface area contributed by atoms with Crippen molar-refractivity contribution in [3.63, 3.8) is 0 Å². The Morgan fingerprint density at radius 2 is 1.94 bits per heavy atom. The Morgan fingerprint density at radius 1 is 1.33 bits per heavy atom. The minimum atomic E-state index is -0.983. The van der Waals surface area contributed by atoms with E-state index >= 15 is 0 Å². The lowest BCUT2D eigenvalue weighted by atomic mass is 9.71. The molecule has 0 spiro atoms. The van der Waals surface area contributed by atoms with Crippen LogP contribution in [0.2, 0.25) is 0 Å². The molecule has 2 rings (SSSR count). The Bertz CT molecular complexity index is 491. The first-order chi connectivity index (χ1) is 8.48. The Labute approximate surface area is 108 Å². The van der Waals surface area contributed by atoms with Crippen molar-refractivity contribution in [1.29, 1.82) is 0 Å². The smallest absolute Gasteiger partial charge is 0.167 e. The van der Waals surface area contributed by atoms with E-state index < -0.39 is 5.60 Å². The first-order valence-corrected chi connectivity index (χ1v) is 6.12. The van der Waals surface area contributed by atoms with Crippen LogP contribution in [0, 0.1) is 0 Å². The summed E-state index contributed by atoms with van der Waals surface area (Å²) >= 11 is 0. The quantitative estimate of drug-likeness (QED) is 0.833. The van der Waals surface area contributed by atoms with Crippen molar-refractivity contribution in [2.45, 2.75) is 31.8 Å². The van der Waals surface area contributed by atoms with E-state index in [0.717, 1.165) is 16.7 Å². The average molecular weight is 248 g/mol. The van der Waals surface area contributed by atoms with Crippen molar-refractivity contribution in [2.75, 3.05) is 14.2 Å². The highest BCUT2D eigenvalue weighted by atomic mass is 16.5. The summed E-state index contributed by atoms with van der Waals surface area (Å²) in [4.78, 5) is 0. The van der Waals surface area contributed by atoms with E-state index in [-0.39, 0.29) is 0 Å². The number of benzene rings is 1. The van der Waals surface area contributed by atoms with Crippen LogP contribution in [0.5, 0.6) is 11.5 Å². The molecule has 0 heterocycles. The predicted octanol–water partition coefficient (Wildman–Crippen LogP) is 2.76. The molecule has 1 aromatic carbocycles.